The van der Waals surface area contributed by atoms with Gasteiger partial charge in [0, 0.05) is 19.6 Å². The van der Waals surface area contributed by atoms with Gasteiger partial charge in [0.1, 0.15) is 0 Å². The average Bonchev–Trinajstić information content (AvgIpc) is 2.43. The van der Waals surface area contributed by atoms with Gasteiger partial charge in [0.25, 0.3) is 0 Å². The Morgan fingerprint density at radius 1 is 1.27 bits per heavy atom. The van der Waals surface area contributed by atoms with Crippen LogP contribution in [0.3, 0.4) is 0 Å². The fourth-order valence-electron chi connectivity index (χ4n) is 2.18. The number of hydrogen-bond acceptors (Lipinski definition) is 2. The van der Waals surface area contributed by atoms with Crippen molar-refractivity contribution in [2.45, 2.75) is 12.2 Å². The predicted octanol–water partition coefficient (Wildman–Crippen LogP) is -1.87. The van der Waals surface area contributed by atoms with Gasteiger partial charge in [0.15, 0.2) is 0 Å². The van der Waals surface area contributed by atoms with Crippen molar-refractivity contribution in [3.05, 3.63) is 0 Å². The summed E-state index contributed by atoms with van der Waals surface area (Å²) in [5, 5.41) is 3.13. The maximum atomic E-state index is 12.4. The number of likely N-dealkylation sites (tertiary alicyclic amines) is 1. The van der Waals surface area contributed by atoms with Crippen molar-refractivity contribution < 1.29 is 64.3 Å². The number of nitrogens with one attached hydrogen (secondary N) is 1. The molecule has 2 saturated heterocycles. The van der Waals surface area contributed by atoms with E-state index < -0.39 is 12.8 Å². The minimum Gasteiger partial charge on any atom is -0.449 e. The van der Waals surface area contributed by atoms with Crippen LogP contribution in [0.1, 0.15) is 6.42 Å². The molecule has 2 aliphatic heterocycles. The minimum atomic E-state index is -4.61. The van der Waals surface area contributed by atoms with Crippen molar-refractivity contribution in [3.63, 3.8) is 0 Å². The van der Waals surface area contributed by atoms with E-state index in [1.54, 1.807) is 0 Å². The van der Waals surface area contributed by atoms with Crippen molar-refractivity contribution in [2.75, 3.05) is 32.7 Å². The molecule has 1 N–H and O–H groups in total. The van der Waals surface area contributed by atoms with E-state index in [1.165, 1.54) is 0 Å². The molecule has 0 aromatic heterocycles. The zero-order chi connectivity index (χ0) is 10.2. The van der Waals surface area contributed by atoms with Gasteiger partial charge in [-0.2, -0.15) is 0 Å². The van der Waals surface area contributed by atoms with E-state index in [-0.39, 0.29) is 57.9 Å². The van der Waals surface area contributed by atoms with Gasteiger partial charge >= 0.3 is 58.4 Å². The van der Waals surface area contributed by atoms with Crippen LogP contribution < -0.4 is 56.7 Å². The van der Waals surface area contributed by atoms with E-state index in [1.807, 2.05) is 4.90 Å². The molecule has 2 rings (SSSR count). The van der Waals surface area contributed by atoms with Crippen LogP contribution in [0, 0.1) is 5.92 Å². The van der Waals surface area contributed by atoms with Gasteiger partial charge in [-0.15, -0.1) is 0 Å². The summed E-state index contributed by atoms with van der Waals surface area (Å²) in [6.45, 7) is -0.964. The largest absolute Gasteiger partial charge is 1.00 e. The summed E-state index contributed by atoms with van der Waals surface area (Å²) < 4.78 is 37.2. The fourth-order valence-corrected chi connectivity index (χ4v) is 2.18. The van der Waals surface area contributed by atoms with Gasteiger partial charge in [0.2, 0.25) is 0 Å². The second kappa shape index (κ2) is 5.84. The molecule has 1 atom stereocenters. The molecular formula is C8H15BF3KN2. The molecule has 2 fully saturated rings. The first-order chi connectivity index (χ1) is 6.55. The summed E-state index contributed by atoms with van der Waals surface area (Å²) in [6, 6.07) is 0. The first-order valence-electron chi connectivity index (χ1n) is 5.19. The summed E-state index contributed by atoms with van der Waals surface area (Å²) in [5.41, 5.74) is 0. The van der Waals surface area contributed by atoms with Gasteiger partial charge in [-0.25, -0.2) is 0 Å². The number of rotatable bonds is 3. The average molecular weight is 246 g/mol. The second-order valence-electron chi connectivity index (χ2n) is 4.46. The Hall–Kier alpha value is 1.41. The fraction of sp³-hybridized carbons (Fsp3) is 1.00. The van der Waals surface area contributed by atoms with Crippen molar-refractivity contribution in [2.24, 2.45) is 5.92 Å². The molecule has 0 aromatic carbocycles. The molecule has 0 amide bonds. The molecule has 0 bridgehead atoms. The van der Waals surface area contributed by atoms with Gasteiger partial charge in [-0.3, -0.25) is 0 Å². The molecular weight excluding hydrogens is 231 g/mol. The summed E-state index contributed by atoms with van der Waals surface area (Å²) in [4.78, 5) is 1.96. The molecule has 0 spiro atoms. The van der Waals surface area contributed by atoms with Crippen molar-refractivity contribution in [1.82, 2.24) is 10.2 Å². The molecule has 2 nitrogen and oxygen atoms in total. The Morgan fingerprint density at radius 3 is 2.33 bits per heavy atom. The van der Waals surface area contributed by atoms with E-state index >= 15 is 0 Å². The second-order valence-corrected chi connectivity index (χ2v) is 4.46. The quantitative estimate of drug-likeness (QED) is 0.587. The normalized spacial score (nSPS) is 28.6. The van der Waals surface area contributed by atoms with Crippen LogP contribution in [-0.2, 0) is 0 Å². The Labute approximate surface area is 131 Å². The summed E-state index contributed by atoms with van der Waals surface area (Å²) in [7, 11) is 0. The molecule has 7 heteroatoms. The monoisotopic (exact) mass is 246 g/mol. The number of hydrogen-bond donors (Lipinski definition) is 1. The standard InChI is InChI=1S/C8H15BF3N2.K/c10-9(11,12)8-1-2-14(6-8)5-7-3-13-4-7;/h7-8,13H,1-6H2;/q-1;+1. The van der Waals surface area contributed by atoms with Crippen LogP contribution in [0.5, 0.6) is 0 Å². The van der Waals surface area contributed by atoms with Crippen LogP contribution in [0.4, 0.5) is 12.9 Å². The topological polar surface area (TPSA) is 15.3 Å². The summed E-state index contributed by atoms with van der Waals surface area (Å²) >= 11 is 0. The smallest absolute Gasteiger partial charge is 0.449 e. The zero-order valence-electron chi connectivity index (χ0n) is 9.06. The third-order valence-corrected chi connectivity index (χ3v) is 3.23. The SMILES string of the molecule is F[B-](F)(F)C1CCN(CC2CNC2)C1.[K+]. The molecule has 82 valence electrons. The van der Waals surface area contributed by atoms with E-state index in [0.29, 0.717) is 18.9 Å². The zero-order valence-corrected chi connectivity index (χ0v) is 12.2. The van der Waals surface area contributed by atoms with E-state index in [2.05, 4.69) is 5.32 Å². The molecule has 0 radical (unpaired) electrons. The van der Waals surface area contributed by atoms with Crippen LogP contribution in [0.2, 0.25) is 5.82 Å². The van der Waals surface area contributed by atoms with Crippen LogP contribution in [0.25, 0.3) is 0 Å². The summed E-state index contributed by atoms with van der Waals surface area (Å²) in [6.07, 6.45) is 0.309. The molecule has 2 aliphatic rings. The summed E-state index contributed by atoms with van der Waals surface area (Å²) in [5.74, 6) is -0.447. The van der Waals surface area contributed by atoms with Crippen molar-refractivity contribution in [1.29, 1.82) is 0 Å². The minimum absolute atomic E-state index is 0. The van der Waals surface area contributed by atoms with Gasteiger partial charge in [-0.05, 0) is 19.0 Å². The van der Waals surface area contributed by atoms with Crippen molar-refractivity contribution >= 4 is 6.98 Å². The van der Waals surface area contributed by atoms with Crippen LogP contribution in [-0.4, -0.2) is 44.6 Å². The van der Waals surface area contributed by atoms with E-state index in [4.69, 9.17) is 0 Å². The maximum Gasteiger partial charge on any atom is 1.00 e. The Balaban J connectivity index is 0.00000112. The van der Waals surface area contributed by atoms with Crippen LogP contribution >= 0.6 is 0 Å². The van der Waals surface area contributed by atoms with Crippen molar-refractivity contribution in [3.8, 4) is 0 Å². The van der Waals surface area contributed by atoms with Gasteiger partial charge < -0.3 is 23.2 Å². The first-order valence-corrected chi connectivity index (χ1v) is 5.19. The number of nitrogens with zero attached hydrogens (tertiary/aromatic N) is 1. The van der Waals surface area contributed by atoms with E-state index in [0.717, 1.165) is 19.6 Å². The molecule has 1 unspecified atom stereocenters. The molecule has 0 saturated carbocycles. The molecule has 0 aliphatic carbocycles. The molecule has 0 aromatic rings. The Morgan fingerprint density at radius 2 is 1.93 bits per heavy atom. The Bertz CT molecular complexity index is 211. The van der Waals surface area contributed by atoms with Gasteiger partial charge in [-0.1, -0.05) is 12.2 Å². The Kier molecular flexibility index (Phi) is 5.63. The third kappa shape index (κ3) is 3.97. The van der Waals surface area contributed by atoms with Gasteiger partial charge in [0.05, 0.1) is 0 Å². The molecule has 2 heterocycles. The predicted molar refractivity (Wildman–Crippen MR) is 50.2 cm³/mol. The third-order valence-electron chi connectivity index (χ3n) is 3.23. The molecule has 15 heavy (non-hydrogen) atoms. The number of halogens is 3. The van der Waals surface area contributed by atoms with Crippen LogP contribution in [0.15, 0.2) is 0 Å². The maximum absolute atomic E-state index is 12.4. The van der Waals surface area contributed by atoms with E-state index in [9.17, 15) is 12.9 Å². The first kappa shape index (κ1) is 14.5.